The lowest BCUT2D eigenvalue weighted by atomic mass is 10.2. The summed E-state index contributed by atoms with van der Waals surface area (Å²) in [5.74, 6) is 1.07. The van der Waals surface area contributed by atoms with Crippen molar-refractivity contribution in [2.45, 2.75) is 13.8 Å². The lowest BCUT2D eigenvalue weighted by Crippen LogP contribution is -2.02. The van der Waals surface area contributed by atoms with E-state index < -0.39 is 0 Å². The largest absolute Gasteiger partial charge is 0.495 e. The summed E-state index contributed by atoms with van der Waals surface area (Å²) < 4.78 is 5.12. The molecule has 2 N–H and O–H groups in total. The van der Waals surface area contributed by atoms with Crippen LogP contribution in [0.1, 0.15) is 11.4 Å². The van der Waals surface area contributed by atoms with Gasteiger partial charge < -0.3 is 10.5 Å². The van der Waals surface area contributed by atoms with Gasteiger partial charge in [0.15, 0.2) is 0 Å². The molecule has 0 aromatic carbocycles. The minimum Gasteiger partial charge on any atom is -0.495 e. The molecule has 0 radical (unpaired) electrons. The lowest BCUT2D eigenvalue weighted by Gasteiger charge is -2.08. The Morgan fingerprint density at radius 1 is 1.12 bits per heavy atom. The molecule has 0 bridgehead atoms. The van der Waals surface area contributed by atoms with Crippen LogP contribution in [0.25, 0.3) is 11.3 Å². The SMILES string of the molecule is COc1cncc(-c2nc(C)c(C)nc2N)c1. The lowest BCUT2D eigenvalue weighted by molar-refractivity contribution is 0.413. The van der Waals surface area contributed by atoms with E-state index >= 15 is 0 Å². The second-order valence-electron chi connectivity index (χ2n) is 3.74. The third-order valence-electron chi connectivity index (χ3n) is 2.56. The Kier molecular flexibility index (Phi) is 2.91. The van der Waals surface area contributed by atoms with Gasteiger partial charge in [-0.05, 0) is 19.9 Å². The van der Waals surface area contributed by atoms with Crippen molar-refractivity contribution in [3.05, 3.63) is 29.8 Å². The zero-order valence-corrected chi connectivity index (χ0v) is 10.1. The molecule has 0 aliphatic rings. The molecule has 2 heterocycles. The maximum Gasteiger partial charge on any atom is 0.150 e. The maximum absolute atomic E-state index is 5.87. The van der Waals surface area contributed by atoms with E-state index in [1.807, 2.05) is 19.9 Å². The van der Waals surface area contributed by atoms with Crippen LogP contribution < -0.4 is 10.5 Å². The number of pyridine rings is 1. The monoisotopic (exact) mass is 230 g/mol. The summed E-state index contributed by atoms with van der Waals surface area (Å²) in [7, 11) is 1.59. The first kappa shape index (κ1) is 11.3. The molecule has 0 spiro atoms. The van der Waals surface area contributed by atoms with Crippen LogP contribution in [0.3, 0.4) is 0 Å². The van der Waals surface area contributed by atoms with Gasteiger partial charge in [0.2, 0.25) is 0 Å². The molecule has 2 rings (SSSR count). The fourth-order valence-corrected chi connectivity index (χ4v) is 1.49. The molecule has 2 aromatic heterocycles. The molecular weight excluding hydrogens is 216 g/mol. The van der Waals surface area contributed by atoms with E-state index in [4.69, 9.17) is 10.5 Å². The van der Waals surface area contributed by atoms with Gasteiger partial charge in [-0.3, -0.25) is 4.98 Å². The Labute approximate surface area is 99.7 Å². The van der Waals surface area contributed by atoms with Crippen LogP contribution in [0.4, 0.5) is 5.82 Å². The van der Waals surface area contributed by atoms with Crippen molar-refractivity contribution >= 4 is 5.82 Å². The van der Waals surface area contributed by atoms with Crippen molar-refractivity contribution in [2.75, 3.05) is 12.8 Å². The molecule has 0 amide bonds. The molecule has 5 nitrogen and oxygen atoms in total. The van der Waals surface area contributed by atoms with Crippen molar-refractivity contribution in [3.63, 3.8) is 0 Å². The Morgan fingerprint density at radius 3 is 2.53 bits per heavy atom. The van der Waals surface area contributed by atoms with Gasteiger partial charge in [-0.25, -0.2) is 9.97 Å². The molecular formula is C12H14N4O. The van der Waals surface area contributed by atoms with E-state index in [1.165, 1.54) is 0 Å². The molecule has 0 aliphatic heterocycles. The third-order valence-corrected chi connectivity index (χ3v) is 2.56. The number of nitrogen functional groups attached to an aromatic ring is 1. The predicted octanol–water partition coefficient (Wildman–Crippen LogP) is 1.75. The number of nitrogens with two attached hydrogens (primary N) is 1. The Balaban J connectivity index is 2.56. The summed E-state index contributed by atoms with van der Waals surface area (Å²) in [4.78, 5) is 12.8. The molecule has 0 aliphatic carbocycles. The van der Waals surface area contributed by atoms with Crippen LogP contribution >= 0.6 is 0 Å². The molecule has 0 saturated carbocycles. The highest BCUT2D eigenvalue weighted by molar-refractivity contribution is 5.70. The standard InChI is InChI=1S/C12H14N4O/c1-7-8(2)16-12(13)11(15-7)9-4-10(17-3)6-14-5-9/h4-6H,1-3H3,(H2,13,16). The second-order valence-corrected chi connectivity index (χ2v) is 3.74. The molecule has 0 saturated heterocycles. The smallest absolute Gasteiger partial charge is 0.150 e. The van der Waals surface area contributed by atoms with Crippen molar-refractivity contribution in [2.24, 2.45) is 0 Å². The highest BCUT2D eigenvalue weighted by Crippen LogP contribution is 2.25. The number of hydrogen-bond donors (Lipinski definition) is 1. The number of rotatable bonds is 2. The van der Waals surface area contributed by atoms with Gasteiger partial charge >= 0.3 is 0 Å². The van der Waals surface area contributed by atoms with Gasteiger partial charge in [0.05, 0.1) is 24.7 Å². The van der Waals surface area contributed by atoms with Crippen molar-refractivity contribution in [3.8, 4) is 17.0 Å². The zero-order valence-electron chi connectivity index (χ0n) is 10.1. The van der Waals surface area contributed by atoms with E-state index in [0.717, 1.165) is 17.0 Å². The average molecular weight is 230 g/mol. The number of aromatic nitrogens is 3. The quantitative estimate of drug-likeness (QED) is 0.850. The zero-order chi connectivity index (χ0) is 12.4. The summed E-state index contributed by atoms with van der Waals surface area (Å²) in [6, 6.07) is 1.84. The predicted molar refractivity (Wildman–Crippen MR) is 65.7 cm³/mol. The van der Waals surface area contributed by atoms with Crippen molar-refractivity contribution in [1.29, 1.82) is 0 Å². The molecule has 0 atom stereocenters. The number of hydrogen-bond acceptors (Lipinski definition) is 5. The first-order valence-electron chi connectivity index (χ1n) is 5.22. The summed E-state index contributed by atoms with van der Waals surface area (Å²) in [5, 5.41) is 0. The molecule has 88 valence electrons. The summed E-state index contributed by atoms with van der Waals surface area (Å²) >= 11 is 0. The van der Waals surface area contributed by atoms with Gasteiger partial charge in [-0.1, -0.05) is 0 Å². The van der Waals surface area contributed by atoms with Crippen LogP contribution in [0, 0.1) is 13.8 Å². The average Bonchev–Trinajstić information content (AvgIpc) is 2.34. The van der Waals surface area contributed by atoms with Gasteiger partial charge in [0.25, 0.3) is 0 Å². The van der Waals surface area contributed by atoms with Gasteiger partial charge in [-0.2, -0.15) is 0 Å². The summed E-state index contributed by atoms with van der Waals surface area (Å²) in [5.41, 5.74) is 9.01. The topological polar surface area (TPSA) is 73.9 Å². The van der Waals surface area contributed by atoms with Gasteiger partial charge in [-0.15, -0.1) is 0 Å². The first-order chi connectivity index (χ1) is 8.11. The fourth-order valence-electron chi connectivity index (χ4n) is 1.49. The fraction of sp³-hybridized carbons (Fsp3) is 0.250. The minimum absolute atomic E-state index is 0.406. The second kappa shape index (κ2) is 4.37. The molecule has 0 fully saturated rings. The van der Waals surface area contributed by atoms with E-state index in [-0.39, 0.29) is 0 Å². The molecule has 5 heteroatoms. The Hall–Kier alpha value is -2.17. The van der Waals surface area contributed by atoms with Gasteiger partial charge in [0, 0.05) is 11.8 Å². The van der Waals surface area contributed by atoms with Crippen molar-refractivity contribution in [1.82, 2.24) is 15.0 Å². The number of ether oxygens (including phenoxy) is 1. The van der Waals surface area contributed by atoms with Crippen LogP contribution in [-0.2, 0) is 0 Å². The highest BCUT2D eigenvalue weighted by atomic mass is 16.5. The Morgan fingerprint density at radius 2 is 1.82 bits per heavy atom. The molecule has 0 unspecified atom stereocenters. The normalized spacial score (nSPS) is 10.3. The van der Waals surface area contributed by atoms with Gasteiger partial charge in [0.1, 0.15) is 17.3 Å². The summed E-state index contributed by atoms with van der Waals surface area (Å²) in [6.45, 7) is 3.78. The maximum atomic E-state index is 5.87. The third kappa shape index (κ3) is 2.18. The molecule has 2 aromatic rings. The van der Waals surface area contributed by atoms with Crippen molar-refractivity contribution < 1.29 is 4.74 Å². The number of methoxy groups -OCH3 is 1. The van der Waals surface area contributed by atoms with Crippen LogP contribution in [0.2, 0.25) is 0 Å². The molecule has 17 heavy (non-hydrogen) atoms. The van der Waals surface area contributed by atoms with E-state index in [0.29, 0.717) is 17.3 Å². The van der Waals surface area contributed by atoms with E-state index in [9.17, 15) is 0 Å². The number of aryl methyl sites for hydroxylation is 2. The van der Waals surface area contributed by atoms with Crippen LogP contribution in [0.15, 0.2) is 18.5 Å². The van der Waals surface area contributed by atoms with E-state index in [1.54, 1.807) is 19.5 Å². The Bertz CT molecular complexity index is 554. The summed E-state index contributed by atoms with van der Waals surface area (Å²) in [6.07, 6.45) is 3.33. The van der Waals surface area contributed by atoms with E-state index in [2.05, 4.69) is 15.0 Å². The number of anilines is 1. The minimum atomic E-state index is 0.406. The number of nitrogens with zero attached hydrogens (tertiary/aromatic N) is 3. The van der Waals surface area contributed by atoms with Crippen LogP contribution in [0.5, 0.6) is 5.75 Å². The van der Waals surface area contributed by atoms with Crippen LogP contribution in [-0.4, -0.2) is 22.1 Å². The first-order valence-corrected chi connectivity index (χ1v) is 5.22. The highest BCUT2D eigenvalue weighted by Gasteiger charge is 2.09.